The second-order valence-corrected chi connectivity index (χ2v) is 4.17. The van der Waals surface area contributed by atoms with Gasteiger partial charge in [0.1, 0.15) is 12.4 Å². The third-order valence-electron chi connectivity index (χ3n) is 2.80. The number of hydrogen-bond donors (Lipinski definition) is 1. The molecule has 1 aromatic heterocycles. The predicted octanol–water partition coefficient (Wildman–Crippen LogP) is 2.87. The lowest BCUT2D eigenvalue weighted by atomic mass is 10.1. The molecule has 0 aliphatic rings. The van der Waals surface area contributed by atoms with Crippen LogP contribution in [0.4, 0.5) is 0 Å². The van der Waals surface area contributed by atoms with Crippen LogP contribution in [0.25, 0.3) is 0 Å². The molecule has 0 amide bonds. The number of pyridine rings is 1. The van der Waals surface area contributed by atoms with E-state index >= 15 is 0 Å². The molecular formula is C15H16N2O3. The van der Waals surface area contributed by atoms with Crippen molar-refractivity contribution in [3.05, 3.63) is 53.7 Å². The molecule has 104 valence electrons. The van der Waals surface area contributed by atoms with Crippen LogP contribution in [0.2, 0.25) is 0 Å². The number of benzene rings is 1. The number of nitrogens with zero attached hydrogens (tertiary/aromatic N) is 2. The molecule has 0 atom stereocenters. The van der Waals surface area contributed by atoms with Crippen molar-refractivity contribution >= 4 is 5.71 Å². The SMILES string of the molecule is COc1cccc(COc2ccc(C(C)=NO)cc2)n1. The summed E-state index contributed by atoms with van der Waals surface area (Å²) in [5.74, 6) is 1.29. The molecule has 2 aromatic rings. The highest BCUT2D eigenvalue weighted by Gasteiger charge is 2.01. The topological polar surface area (TPSA) is 63.9 Å². The van der Waals surface area contributed by atoms with E-state index in [1.165, 1.54) is 0 Å². The molecule has 5 heteroatoms. The van der Waals surface area contributed by atoms with Gasteiger partial charge in [-0.2, -0.15) is 0 Å². The van der Waals surface area contributed by atoms with Crippen molar-refractivity contribution in [1.82, 2.24) is 4.98 Å². The van der Waals surface area contributed by atoms with Crippen molar-refractivity contribution in [1.29, 1.82) is 0 Å². The van der Waals surface area contributed by atoms with E-state index in [4.69, 9.17) is 14.7 Å². The minimum atomic E-state index is 0.365. The largest absolute Gasteiger partial charge is 0.487 e. The van der Waals surface area contributed by atoms with E-state index in [1.54, 1.807) is 20.1 Å². The highest BCUT2D eigenvalue weighted by molar-refractivity contribution is 5.98. The molecular weight excluding hydrogens is 256 g/mol. The van der Waals surface area contributed by atoms with E-state index in [9.17, 15) is 0 Å². The Labute approximate surface area is 117 Å². The normalized spacial score (nSPS) is 11.2. The number of aromatic nitrogens is 1. The molecule has 0 fully saturated rings. The summed E-state index contributed by atoms with van der Waals surface area (Å²) >= 11 is 0. The molecule has 0 saturated carbocycles. The molecule has 0 saturated heterocycles. The zero-order chi connectivity index (χ0) is 14.4. The Morgan fingerprint density at radius 2 is 1.95 bits per heavy atom. The van der Waals surface area contributed by atoms with Crippen LogP contribution in [0, 0.1) is 0 Å². The Bertz CT molecular complexity index is 594. The third-order valence-corrected chi connectivity index (χ3v) is 2.80. The summed E-state index contributed by atoms with van der Waals surface area (Å²) in [6, 6.07) is 12.9. The molecule has 0 aliphatic heterocycles. The monoisotopic (exact) mass is 272 g/mol. The Balaban J connectivity index is 2.00. The van der Waals surface area contributed by atoms with Crippen molar-refractivity contribution in [3.63, 3.8) is 0 Å². The lowest BCUT2D eigenvalue weighted by Gasteiger charge is -2.07. The van der Waals surface area contributed by atoms with Crippen LogP contribution in [-0.2, 0) is 6.61 Å². The van der Waals surface area contributed by atoms with Gasteiger partial charge in [0, 0.05) is 6.07 Å². The first-order valence-corrected chi connectivity index (χ1v) is 6.14. The number of rotatable bonds is 5. The van der Waals surface area contributed by atoms with Crippen LogP contribution in [0.15, 0.2) is 47.6 Å². The van der Waals surface area contributed by atoms with E-state index in [0.717, 1.165) is 17.0 Å². The molecule has 0 spiro atoms. The maximum absolute atomic E-state index is 8.70. The first-order chi connectivity index (χ1) is 9.72. The molecule has 2 rings (SSSR count). The van der Waals surface area contributed by atoms with Crippen molar-refractivity contribution in [3.8, 4) is 11.6 Å². The van der Waals surface area contributed by atoms with Gasteiger partial charge in [0.05, 0.1) is 18.5 Å². The van der Waals surface area contributed by atoms with Gasteiger partial charge in [-0.3, -0.25) is 0 Å². The Hall–Kier alpha value is -2.56. The molecule has 0 aliphatic carbocycles. The van der Waals surface area contributed by atoms with Crippen LogP contribution in [0.5, 0.6) is 11.6 Å². The van der Waals surface area contributed by atoms with Gasteiger partial charge in [0.25, 0.3) is 0 Å². The molecule has 1 heterocycles. The number of oxime groups is 1. The lowest BCUT2D eigenvalue weighted by Crippen LogP contribution is -2.00. The fourth-order valence-electron chi connectivity index (χ4n) is 1.66. The number of methoxy groups -OCH3 is 1. The van der Waals surface area contributed by atoms with E-state index in [1.807, 2.05) is 36.4 Å². The first kappa shape index (κ1) is 13.9. The van der Waals surface area contributed by atoms with Gasteiger partial charge in [-0.1, -0.05) is 11.2 Å². The molecule has 5 nitrogen and oxygen atoms in total. The second kappa shape index (κ2) is 6.56. The highest BCUT2D eigenvalue weighted by atomic mass is 16.5. The molecule has 0 bridgehead atoms. The van der Waals surface area contributed by atoms with Gasteiger partial charge in [-0.05, 0) is 42.8 Å². The maximum Gasteiger partial charge on any atom is 0.213 e. The summed E-state index contributed by atoms with van der Waals surface area (Å²) < 4.78 is 10.7. The molecule has 1 N–H and O–H groups in total. The summed E-state index contributed by atoms with van der Waals surface area (Å²) in [5, 5.41) is 11.8. The third kappa shape index (κ3) is 3.47. The summed E-state index contributed by atoms with van der Waals surface area (Å²) in [7, 11) is 1.58. The second-order valence-electron chi connectivity index (χ2n) is 4.17. The fraction of sp³-hybridized carbons (Fsp3) is 0.200. The Kier molecular flexibility index (Phi) is 4.55. The molecule has 20 heavy (non-hydrogen) atoms. The van der Waals surface area contributed by atoms with Crippen molar-refractivity contribution in [2.24, 2.45) is 5.16 Å². The van der Waals surface area contributed by atoms with Gasteiger partial charge in [0.2, 0.25) is 5.88 Å². The van der Waals surface area contributed by atoms with Crippen LogP contribution in [0.1, 0.15) is 18.2 Å². The Morgan fingerprint density at radius 1 is 1.20 bits per heavy atom. The summed E-state index contributed by atoms with van der Waals surface area (Å²) in [4.78, 5) is 4.27. The zero-order valence-corrected chi connectivity index (χ0v) is 11.4. The van der Waals surface area contributed by atoms with Crippen LogP contribution < -0.4 is 9.47 Å². The van der Waals surface area contributed by atoms with Gasteiger partial charge < -0.3 is 14.7 Å². The number of hydrogen-bond acceptors (Lipinski definition) is 5. The van der Waals surface area contributed by atoms with Crippen LogP contribution >= 0.6 is 0 Å². The predicted molar refractivity (Wildman–Crippen MR) is 75.6 cm³/mol. The van der Waals surface area contributed by atoms with E-state index < -0.39 is 0 Å². The van der Waals surface area contributed by atoms with Gasteiger partial charge in [-0.15, -0.1) is 0 Å². The van der Waals surface area contributed by atoms with Crippen LogP contribution in [-0.4, -0.2) is 23.0 Å². The van der Waals surface area contributed by atoms with Gasteiger partial charge in [0.15, 0.2) is 0 Å². The van der Waals surface area contributed by atoms with Crippen LogP contribution in [0.3, 0.4) is 0 Å². The van der Waals surface area contributed by atoms with E-state index in [2.05, 4.69) is 10.1 Å². The first-order valence-electron chi connectivity index (χ1n) is 6.14. The van der Waals surface area contributed by atoms with E-state index in [-0.39, 0.29) is 0 Å². The smallest absolute Gasteiger partial charge is 0.213 e. The quantitative estimate of drug-likeness (QED) is 0.516. The molecule has 0 radical (unpaired) electrons. The van der Waals surface area contributed by atoms with Crippen molar-refractivity contribution in [2.45, 2.75) is 13.5 Å². The summed E-state index contributed by atoms with van der Waals surface area (Å²) in [6.45, 7) is 2.10. The summed E-state index contributed by atoms with van der Waals surface area (Å²) in [5.41, 5.74) is 2.20. The number of ether oxygens (including phenoxy) is 2. The minimum absolute atomic E-state index is 0.365. The summed E-state index contributed by atoms with van der Waals surface area (Å²) in [6.07, 6.45) is 0. The minimum Gasteiger partial charge on any atom is -0.487 e. The Morgan fingerprint density at radius 3 is 2.60 bits per heavy atom. The van der Waals surface area contributed by atoms with Gasteiger partial charge >= 0.3 is 0 Å². The van der Waals surface area contributed by atoms with E-state index in [0.29, 0.717) is 18.2 Å². The lowest BCUT2D eigenvalue weighted by molar-refractivity contribution is 0.298. The molecule has 1 aromatic carbocycles. The fourth-order valence-corrected chi connectivity index (χ4v) is 1.66. The molecule has 0 unspecified atom stereocenters. The average molecular weight is 272 g/mol. The van der Waals surface area contributed by atoms with Crippen molar-refractivity contribution in [2.75, 3.05) is 7.11 Å². The standard InChI is InChI=1S/C15H16N2O3/c1-11(17-18)12-6-8-14(9-7-12)20-10-13-4-3-5-15(16-13)19-2/h3-9,18H,10H2,1-2H3. The average Bonchev–Trinajstić information content (AvgIpc) is 2.53. The highest BCUT2D eigenvalue weighted by Crippen LogP contribution is 2.15. The zero-order valence-electron chi connectivity index (χ0n) is 11.4. The van der Waals surface area contributed by atoms with Crippen molar-refractivity contribution < 1.29 is 14.7 Å². The maximum atomic E-state index is 8.70. The van der Waals surface area contributed by atoms with Gasteiger partial charge in [-0.25, -0.2) is 4.98 Å².